The van der Waals surface area contributed by atoms with Crippen molar-refractivity contribution < 1.29 is 23.0 Å². The van der Waals surface area contributed by atoms with Crippen LogP contribution in [0.4, 0.5) is 8.78 Å². The first kappa shape index (κ1) is 14.9. The molecule has 1 unspecified atom stereocenters. The highest BCUT2D eigenvalue weighted by Gasteiger charge is 2.30. The summed E-state index contributed by atoms with van der Waals surface area (Å²) in [6, 6.07) is 4.21. The molecule has 6 heteroatoms. The maximum absolute atomic E-state index is 13.4. The second kappa shape index (κ2) is 5.65. The van der Waals surface area contributed by atoms with E-state index in [1.165, 1.54) is 26.2 Å². The molecule has 0 aromatic heterocycles. The zero-order valence-electron chi connectivity index (χ0n) is 10.2. The molecule has 0 saturated carbocycles. The summed E-state index contributed by atoms with van der Waals surface area (Å²) in [6.07, 6.45) is -0.947. The van der Waals surface area contributed by atoms with Gasteiger partial charge in [-0.1, -0.05) is 15.9 Å². The summed E-state index contributed by atoms with van der Waals surface area (Å²) in [5.41, 5.74) is -0.285. The number of benzene rings is 1. The predicted molar refractivity (Wildman–Crippen MR) is 65.8 cm³/mol. The Kier molecular flexibility index (Phi) is 4.67. The number of hydrogen-bond donors (Lipinski definition) is 0. The minimum atomic E-state index is -3.06. The van der Waals surface area contributed by atoms with Gasteiger partial charge in [-0.3, -0.25) is 0 Å². The first-order valence-corrected chi connectivity index (χ1v) is 5.97. The summed E-state index contributed by atoms with van der Waals surface area (Å²) < 4.78 is 37.0. The van der Waals surface area contributed by atoms with Gasteiger partial charge < -0.3 is 9.47 Å². The Morgan fingerprint density at radius 3 is 2.56 bits per heavy atom. The largest absolute Gasteiger partial charge is 0.479 e. The van der Waals surface area contributed by atoms with E-state index in [2.05, 4.69) is 20.7 Å². The molecule has 0 aliphatic rings. The van der Waals surface area contributed by atoms with Crippen LogP contribution in [0, 0.1) is 0 Å². The van der Waals surface area contributed by atoms with Crippen LogP contribution in [0.5, 0.6) is 5.75 Å². The fraction of sp³-hybridized carbons (Fsp3) is 0.417. The van der Waals surface area contributed by atoms with Crippen molar-refractivity contribution in [1.82, 2.24) is 0 Å². The molecule has 1 atom stereocenters. The molecule has 0 N–H and O–H groups in total. The van der Waals surface area contributed by atoms with Crippen LogP contribution in [0.25, 0.3) is 0 Å². The van der Waals surface area contributed by atoms with E-state index < -0.39 is 18.0 Å². The number of alkyl halides is 2. The van der Waals surface area contributed by atoms with Gasteiger partial charge in [0.1, 0.15) is 5.75 Å². The first-order valence-electron chi connectivity index (χ1n) is 5.18. The lowest BCUT2D eigenvalue weighted by Gasteiger charge is -2.19. The van der Waals surface area contributed by atoms with Gasteiger partial charge in [0, 0.05) is 11.4 Å². The minimum absolute atomic E-state index is 0.0383. The quantitative estimate of drug-likeness (QED) is 0.796. The molecule has 0 aliphatic carbocycles. The average molecular weight is 323 g/mol. The molecule has 0 heterocycles. The van der Waals surface area contributed by atoms with E-state index in [0.29, 0.717) is 4.47 Å². The molecular weight excluding hydrogens is 310 g/mol. The number of carbonyl (C=O) groups is 1. The maximum atomic E-state index is 13.4. The van der Waals surface area contributed by atoms with Crippen LogP contribution in [0.2, 0.25) is 0 Å². The Morgan fingerprint density at radius 1 is 1.44 bits per heavy atom. The van der Waals surface area contributed by atoms with Gasteiger partial charge >= 0.3 is 5.97 Å². The fourth-order valence-electron chi connectivity index (χ4n) is 1.35. The maximum Gasteiger partial charge on any atom is 0.346 e. The van der Waals surface area contributed by atoms with E-state index in [-0.39, 0.29) is 11.3 Å². The lowest BCUT2D eigenvalue weighted by Crippen LogP contribution is -2.26. The van der Waals surface area contributed by atoms with E-state index >= 15 is 0 Å². The number of esters is 1. The second-order valence-electron chi connectivity index (χ2n) is 3.81. The van der Waals surface area contributed by atoms with E-state index in [1.54, 1.807) is 6.07 Å². The summed E-state index contributed by atoms with van der Waals surface area (Å²) in [6.45, 7) is 2.20. The summed E-state index contributed by atoms with van der Waals surface area (Å²) in [4.78, 5) is 11.2. The second-order valence-corrected chi connectivity index (χ2v) is 4.73. The van der Waals surface area contributed by atoms with Crippen molar-refractivity contribution in [1.29, 1.82) is 0 Å². The van der Waals surface area contributed by atoms with Crippen molar-refractivity contribution in [3.63, 3.8) is 0 Å². The Bertz CT molecular complexity index is 443. The van der Waals surface area contributed by atoms with E-state index in [9.17, 15) is 13.6 Å². The van der Waals surface area contributed by atoms with Crippen molar-refractivity contribution in [3.05, 3.63) is 28.2 Å². The van der Waals surface area contributed by atoms with Crippen molar-refractivity contribution in [2.75, 3.05) is 7.11 Å². The van der Waals surface area contributed by atoms with Gasteiger partial charge in [-0.15, -0.1) is 0 Å². The van der Waals surface area contributed by atoms with Crippen molar-refractivity contribution >= 4 is 21.9 Å². The number of ether oxygens (including phenoxy) is 2. The molecule has 1 aromatic rings. The monoisotopic (exact) mass is 322 g/mol. The van der Waals surface area contributed by atoms with Crippen LogP contribution >= 0.6 is 15.9 Å². The standard InChI is InChI=1S/C12H13BrF2O3/c1-7(11(16)17-3)18-10-5-4-8(13)6-9(10)12(2,14)15/h4-7H,1-3H3. The van der Waals surface area contributed by atoms with E-state index in [1.807, 2.05) is 0 Å². The van der Waals surface area contributed by atoms with Crippen LogP contribution in [0.3, 0.4) is 0 Å². The summed E-state index contributed by atoms with van der Waals surface area (Å²) in [7, 11) is 1.21. The molecule has 18 heavy (non-hydrogen) atoms. The number of rotatable bonds is 4. The molecule has 0 radical (unpaired) electrons. The van der Waals surface area contributed by atoms with Crippen LogP contribution in [-0.2, 0) is 15.5 Å². The van der Waals surface area contributed by atoms with Crippen molar-refractivity contribution in [2.45, 2.75) is 25.9 Å². The van der Waals surface area contributed by atoms with Gasteiger partial charge in [-0.2, -0.15) is 0 Å². The normalized spacial score (nSPS) is 13.0. The van der Waals surface area contributed by atoms with Gasteiger partial charge in [-0.25, -0.2) is 13.6 Å². The summed E-state index contributed by atoms with van der Waals surface area (Å²) in [5.74, 6) is -3.72. The smallest absolute Gasteiger partial charge is 0.346 e. The third-order valence-electron chi connectivity index (χ3n) is 2.25. The third kappa shape index (κ3) is 3.66. The summed E-state index contributed by atoms with van der Waals surface area (Å²) in [5, 5.41) is 0. The van der Waals surface area contributed by atoms with Gasteiger partial charge in [-0.05, 0) is 25.1 Å². The molecule has 0 fully saturated rings. The van der Waals surface area contributed by atoms with Crippen molar-refractivity contribution in [3.8, 4) is 5.75 Å². The van der Waals surface area contributed by atoms with Gasteiger partial charge in [0.25, 0.3) is 5.92 Å². The molecule has 1 aromatic carbocycles. The number of methoxy groups -OCH3 is 1. The van der Waals surface area contributed by atoms with E-state index in [4.69, 9.17) is 4.74 Å². The highest BCUT2D eigenvalue weighted by Crippen LogP contribution is 2.36. The Hall–Kier alpha value is -1.17. The summed E-state index contributed by atoms with van der Waals surface area (Å²) >= 11 is 3.12. The number of halogens is 3. The Labute approximate surface area is 112 Å². The third-order valence-corrected chi connectivity index (χ3v) is 2.74. The molecule has 3 nitrogen and oxygen atoms in total. The zero-order chi connectivity index (χ0) is 13.9. The van der Waals surface area contributed by atoms with Crippen LogP contribution in [0.1, 0.15) is 19.4 Å². The van der Waals surface area contributed by atoms with Gasteiger partial charge in [0.15, 0.2) is 6.10 Å². The topological polar surface area (TPSA) is 35.5 Å². The molecule has 100 valence electrons. The van der Waals surface area contributed by atoms with Crippen LogP contribution in [0.15, 0.2) is 22.7 Å². The molecule has 0 bridgehead atoms. The molecule has 0 amide bonds. The van der Waals surface area contributed by atoms with Crippen LogP contribution in [-0.4, -0.2) is 19.2 Å². The first-order chi connectivity index (χ1) is 8.25. The van der Waals surface area contributed by atoms with Gasteiger partial charge in [0.05, 0.1) is 12.7 Å². The van der Waals surface area contributed by atoms with Gasteiger partial charge in [0.2, 0.25) is 0 Å². The SMILES string of the molecule is COC(=O)C(C)Oc1ccc(Br)cc1C(C)(F)F. The number of hydrogen-bond acceptors (Lipinski definition) is 3. The average Bonchev–Trinajstić information content (AvgIpc) is 2.28. The molecule has 0 spiro atoms. The number of carbonyl (C=O) groups excluding carboxylic acids is 1. The Morgan fingerprint density at radius 2 is 2.06 bits per heavy atom. The van der Waals surface area contributed by atoms with Crippen LogP contribution < -0.4 is 4.74 Å². The highest BCUT2D eigenvalue weighted by atomic mass is 79.9. The fourth-order valence-corrected chi connectivity index (χ4v) is 1.71. The van der Waals surface area contributed by atoms with E-state index in [0.717, 1.165) is 6.92 Å². The molecular formula is C12H13BrF2O3. The molecule has 0 saturated heterocycles. The highest BCUT2D eigenvalue weighted by molar-refractivity contribution is 9.10. The molecule has 1 rings (SSSR count). The lowest BCUT2D eigenvalue weighted by molar-refractivity contribution is -0.148. The zero-order valence-corrected chi connectivity index (χ0v) is 11.8. The predicted octanol–water partition coefficient (Wildman–Crippen LogP) is 3.50. The minimum Gasteiger partial charge on any atom is -0.479 e. The van der Waals surface area contributed by atoms with Crippen molar-refractivity contribution in [2.24, 2.45) is 0 Å². The molecule has 0 aliphatic heterocycles. The Balaban J connectivity index is 3.06. The lowest BCUT2D eigenvalue weighted by atomic mass is 10.1.